The fourth-order valence-corrected chi connectivity index (χ4v) is 1.90. The Morgan fingerprint density at radius 2 is 2.22 bits per heavy atom. The van der Waals surface area contributed by atoms with Crippen LogP contribution in [0.4, 0.5) is 0 Å². The van der Waals surface area contributed by atoms with Gasteiger partial charge in [-0.25, -0.2) is 5.01 Å². The monoisotopic (exact) mass is 247 g/mol. The van der Waals surface area contributed by atoms with Gasteiger partial charge in [-0.3, -0.25) is 5.43 Å². The SMILES string of the molecule is COc1ccc(C#N)cc1CNN1CCOCC1. The Morgan fingerprint density at radius 1 is 1.44 bits per heavy atom. The molecule has 96 valence electrons. The van der Waals surface area contributed by atoms with Crippen LogP contribution >= 0.6 is 0 Å². The van der Waals surface area contributed by atoms with Gasteiger partial charge in [0, 0.05) is 25.2 Å². The predicted octanol–water partition coefficient (Wildman–Crippen LogP) is 0.904. The molecule has 0 aliphatic carbocycles. The molecule has 0 amide bonds. The van der Waals surface area contributed by atoms with E-state index in [0.717, 1.165) is 37.6 Å². The lowest BCUT2D eigenvalue weighted by molar-refractivity contribution is 0.0104. The molecule has 0 atom stereocenters. The summed E-state index contributed by atoms with van der Waals surface area (Å²) in [5.74, 6) is 0.801. The summed E-state index contributed by atoms with van der Waals surface area (Å²) >= 11 is 0. The molecule has 0 radical (unpaired) electrons. The van der Waals surface area contributed by atoms with E-state index in [9.17, 15) is 0 Å². The number of benzene rings is 1. The average Bonchev–Trinajstić information content (AvgIpc) is 2.45. The molecule has 18 heavy (non-hydrogen) atoms. The molecular weight excluding hydrogens is 230 g/mol. The maximum absolute atomic E-state index is 8.90. The largest absolute Gasteiger partial charge is 0.496 e. The number of nitrogens with one attached hydrogen (secondary N) is 1. The Kier molecular flexibility index (Phi) is 4.53. The molecule has 1 heterocycles. The first-order valence-electron chi connectivity index (χ1n) is 5.96. The molecule has 0 bridgehead atoms. The molecule has 0 saturated carbocycles. The van der Waals surface area contributed by atoms with Gasteiger partial charge < -0.3 is 9.47 Å². The molecule has 0 unspecified atom stereocenters. The van der Waals surface area contributed by atoms with Gasteiger partial charge in [-0.2, -0.15) is 5.26 Å². The molecule has 5 nitrogen and oxygen atoms in total. The van der Waals surface area contributed by atoms with Crippen molar-refractivity contribution in [2.45, 2.75) is 6.54 Å². The highest BCUT2D eigenvalue weighted by Crippen LogP contribution is 2.19. The summed E-state index contributed by atoms with van der Waals surface area (Å²) < 4.78 is 10.6. The van der Waals surface area contributed by atoms with Gasteiger partial charge in [-0.1, -0.05) is 0 Å². The molecule has 1 fully saturated rings. The first kappa shape index (κ1) is 12.8. The van der Waals surface area contributed by atoms with Crippen molar-refractivity contribution in [3.63, 3.8) is 0 Å². The van der Waals surface area contributed by atoms with Crippen LogP contribution in [0.2, 0.25) is 0 Å². The van der Waals surface area contributed by atoms with Crippen molar-refractivity contribution in [2.24, 2.45) is 0 Å². The summed E-state index contributed by atoms with van der Waals surface area (Å²) in [5.41, 5.74) is 4.96. The van der Waals surface area contributed by atoms with Crippen LogP contribution < -0.4 is 10.2 Å². The third kappa shape index (κ3) is 3.20. The van der Waals surface area contributed by atoms with Crippen LogP contribution in [-0.2, 0) is 11.3 Å². The second kappa shape index (κ2) is 6.36. The van der Waals surface area contributed by atoms with E-state index in [2.05, 4.69) is 16.5 Å². The summed E-state index contributed by atoms with van der Waals surface area (Å²) in [6.07, 6.45) is 0. The number of nitrogens with zero attached hydrogens (tertiary/aromatic N) is 2. The van der Waals surface area contributed by atoms with E-state index in [1.165, 1.54) is 0 Å². The Hall–Kier alpha value is -1.61. The van der Waals surface area contributed by atoms with Gasteiger partial charge in [-0.15, -0.1) is 0 Å². The standard InChI is InChI=1S/C13H17N3O2/c1-17-13-3-2-11(9-14)8-12(13)10-15-16-4-6-18-7-5-16/h2-3,8,15H,4-7,10H2,1H3. The van der Waals surface area contributed by atoms with E-state index in [4.69, 9.17) is 14.7 Å². The third-order valence-electron chi connectivity index (χ3n) is 2.91. The maximum atomic E-state index is 8.90. The number of hydrogen-bond donors (Lipinski definition) is 1. The Balaban J connectivity index is 2.00. The topological polar surface area (TPSA) is 57.5 Å². The smallest absolute Gasteiger partial charge is 0.123 e. The van der Waals surface area contributed by atoms with E-state index < -0.39 is 0 Å². The molecule has 1 aromatic carbocycles. The van der Waals surface area contributed by atoms with Gasteiger partial charge >= 0.3 is 0 Å². The molecule has 1 aromatic rings. The zero-order valence-corrected chi connectivity index (χ0v) is 10.5. The number of ether oxygens (including phenoxy) is 2. The van der Waals surface area contributed by atoms with Crippen LogP contribution in [0.25, 0.3) is 0 Å². The highest BCUT2D eigenvalue weighted by molar-refractivity contribution is 5.41. The zero-order valence-electron chi connectivity index (χ0n) is 10.5. The minimum Gasteiger partial charge on any atom is -0.496 e. The molecule has 1 aliphatic heterocycles. The van der Waals surface area contributed by atoms with Crippen LogP contribution in [0, 0.1) is 11.3 Å². The number of methoxy groups -OCH3 is 1. The molecule has 0 spiro atoms. The van der Waals surface area contributed by atoms with Gasteiger partial charge in [0.15, 0.2) is 0 Å². The van der Waals surface area contributed by atoms with Crippen LogP contribution in [0.1, 0.15) is 11.1 Å². The minimum atomic E-state index is 0.648. The lowest BCUT2D eigenvalue weighted by Gasteiger charge is -2.27. The Morgan fingerprint density at radius 3 is 2.89 bits per heavy atom. The quantitative estimate of drug-likeness (QED) is 0.856. The van der Waals surface area contributed by atoms with Crippen molar-refractivity contribution in [2.75, 3.05) is 33.4 Å². The van der Waals surface area contributed by atoms with Crippen molar-refractivity contribution in [1.82, 2.24) is 10.4 Å². The first-order chi connectivity index (χ1) is 8.83. The summed E-state index contributed by atoms with van der Waals surface area (Å²) in [6.45, 7) is 3.91. The first-order valence-corrected chi connectivity index (χ1v) is 5.96. The van der Waals surface area contributed by atoms with Crippen molar-refractivity contribution in [3.05, 3.63) is 29.3 Å². The fourth-order valence-electron chi connectivity index (χ4n) is 1.90. The van der Waals surface area contributed by atoms with Crippen molar-refractivity contribution in [3.8, 4) is 11.8 Å². The van der Waals surface area contributed by atoms with Gasteiger partial charge in [0.2, 0.25) is 0 Å². The number of nitriles is 1. The average molecular weight is 247 g/mol. The third-order valence-corrected chi connectivity index (χ3v) is 2.91. The Labute approximate surface area is 107 Å². The lowest BCUT2D eigenvalue weighted by Crippen LogP contribution is -2.45. The molecule has 5 heteroatoms. The highest BCUT2D eigenvalue weighted by Gasteiger charge is 2.11. The maximum Gasteiger partial charge on any atom is 0.123 e. The normalized spacial score (nSPS) is 16.2. The van der Waals surface area contributed by atoms with E-state index in [0.29, 0.717) is 12.1 Å². The highest BCUT2D eigenvalue weighted by atomic mass is 16.5. The second-order valence-corrected chi connectivity index (χ2v) is 4.07. The summed E-state index contributed by atoms with van der Waals surface area (Å²) in [4.78, 5) is 0. The van der Waals surface area contributed by atoms with Gasteiger partial charge in [0.25, 0.3) is 0 Å². The molecule has 2 rings (SSSR count). The van der Waals surface area contributed by atoms with E-state index in [1.807, 2.05) is 12.1 Å². The van der Waals surface area contributed by atoms with Crippen molar-refractivity contribution >= 4 is 0 Å². The van der Waals surface area contributed by atoms with Crippen LogP contribution in [0.5, 0.6) is 5.75 Å². The summed E-state index contributed by atoms with van der Waals surface area (Å²) in [5, 5.41) is 11.0. The van der Waals surface area contributed by atoms with Crippen molar-refractivity contribution in [1.29, 1.82) is 5.26 Å². The fraction of sp³-hybridized carbons (Fsp3) is 0.462. The Bertz CT molecular complexity index is 436. The summed E-state index contributed by atoms with van der Waals surface area (Å²) in [6, 6.07) is 7.58. The van der Waals surface area contributed by atoms with Crippen LogP contribution in [0.15, 0.2) is 18.2 Å². The number of hydrazine groups is 1. The predicted molar refractivity (Wildman–Crippen MR) is 66.9 cm³/mol. The molecule has 1 aliphatic rings. The second-order valence-electron chi connectivity index (χ2n) is 4.07. The van der Waals surface area contributed by atoms with E-state index in [1.54, 1.807) is 13.2 Å². The minimum absolute atomic E-state index is 0.648. The molecule has 0 aromatic heterocycles. The van der Waals surface area contributed by atoms with Gasteiger partial charge in [-0.05, 0) is 18.2 Å². The van der Waals surface area contributed by atoms with E-state index in [-0.39, 0.29) is 0 Å². The molecular formula is C13H17N3O2. The molecule has 1 N–H and O–H groups in total. The number of morpholine rings is 1. The number of rotatable bonds is 4. The number of hydrogen-bond acceptors (Lipinski definition) is 5. The van der Waals surface area contributed by atoms with Crippen LogP contribution in [-0.4, -0.2) is 38.4 Å². The molecule has 1 saturated heterocycles. The van der Waals surface area contributed by atoms with E-state index >= 15 is 0 Å². The zero-order chi connectivity index (χ0) is 12.8. The van der Waals surface area contributed by atoms with Crippen molar-refractivity contribution < 1.29 is 9.47 Å². The van der Waals surface area contributed by atoms with Gasteiger partial charge in [0.05, 0.1) is 32.0 Å². The van der Waals surface area contributed by atoms with Gasteiger partial charge in [0.1, 0.15) is 5.75 Å². The lowest BCUT2D eigenvalue weighted by atomic mass is 10.1. The summed E-state index contributed by atoms with van der Waals surface area (Å²) in [7, 11) is 1.64. The van der Waals surface area contributed by atoms with Crippen LogP contribution in [0.3, 0.4) is 0 Å².